The Kier molecular flexibility index (Phi) is 7.45. The highest BCUT2D eigenvalue weighted by atomic mass is 16.5. The molecule has 7 heteroatoms. The van der Waals surface area contributed by atoms with Gasteiger partial charge in [0.25, 0.3) is 0 Å². The molecule has 35 heavy (non-hydrogen) atoms. The van der Waals surface area contributed by atoms with E-state index in [4.69, 9.17) is 9.84 Å². The lowest BCUT2D eigenvalue weighted by atomic mass is 9.96. The van der Waals surface area contributed by atoms with Crippen LogP contribution in [0.2, 0.25) is 0 Å². The molecule has 1 aromatic carbocycles. The van der Waals surface area contributed by atoms with Crippen molar-refractivity contribution in [1.29, 1.82) is 0 Å². The zero-order chi connectivity index (χ0) is 25.1. The molecule has 0 saturated heterocycles. The van der Waals surface area contributed by atoms with E-state index in [0.29, 0.717) is 0 Å². The molecular weight excluding hydrogens is 436 g/mol. The van der Waals surface area contributed by atoms with Crippen LogP contribution in [0.25, 0.3) is 22.8 Å². The Hall–Kier alpha value is -3.32. The number of nitrogens with one attached hydrogen (secondary N) is 1. The third kappa shape index (κ3) is 5.20. The number of rotatable bonds is 4. The summed E-state index contributed by atoms with van der Waals surface area (Å²) >= 11 is 0. The van der Waals surface area contributed by atoms with Crippen LogP contribution in [-0.4, -0.2) is 50.7 Å². The Morgan fingerprint density at radius 3 is 2.71 bits per heavy atom. The van der Waals surface area contributed by atoms with Gasteiger partial charge in [-0.2, -0.15) is 10.2 Å². The SMILES string of the molecule is C=C1/C=C/c2c(NCC)nn(CCC)c2CN(C)CC(C)Oc2c(cnn2C)-c2ccc(C)c1c2. The predicted molar refractivity (Wildman–Crippen MR) is 145 cm³/mol. The molecule has 0 amide bonds. The first-order valence-corrected chi connectivity index (χ1v) is 12.5. The van der Waals surface area contributed by atoms with Gasteiger partial charge < -0.3 is 10.1 Å². The van der Waals surface area contributed by atoms with E-state index in [0.717, 1.165) is 72.1 Å². The smallest absolute Gasteiger partial charge is 0.219 e. The number of nitrogens with zero attached hydrogens (tertiary/aromatic N) is 5. The van der Waals surface area contributed by atoms with Gasteiger partial charge in [-0.05, 0) is 68.6 Å². The normalized spacial score (nSPS) is 17.7. The number of aromatic nitrogens is 4. The minimum atomic E-state index is -0.0195. The molecule has 4 rings (SSSR count). The number of fused-ring (bicyclic) bond motifs is 5. The molecule has 3 aromatic rings. The maximum Gasteiger partial charge on any atom is 0.219 e. The van der Waals surface area contributed by atoms with E-state index in [1.54, 1.807) is 0 Å². The maximum absolute atomic E-state index is 6.46. The minimum Gasteiger partial charge on any atom is -0.473 e. The van der Waals surface area contributed by atoms with Crippen LogP contribution in [0, 0.1) is 6.92 Å². The van der Waals surface area contributed by atoms with Gasteiger partial charge in [-0.25, -0.2) is 4.68 Å². The molecule has 2 bridgehead atoms. The van der Waals surface area contributed by atoms with Gasteiger partial charge in [0.1, 0.15) is 6.10 Å². The fourth-order valence-corrected chi connectivity index (χ4v) is 4.71. The van der Waals surface area contributed by atoms with E-state index < -0.39 is 0 Å². The average molecular weight is 475 g/mol. The summed E-state index contributed by atoms with van der Waals surface area (Å²) in [7, 11) is 4.06. The summed E-state index contributed by atoms with van der Waals surface area (Å²) < 4.78 is 10.4. The third-order valence-corrected chi connectivity index (χ3v) is 6.41. The minimum absolute atomic E-state index is 0.0195. The summed E-state index contributed by atoms with van der Waals surface area (Å²) in [5.74, 6) is 1.70. The first-order chi connectivity index (χ1) is 16.8. The van der Waals surface area contributed by atoms with E-state index in [-0.39, 0.29) is 6.10 Å². The van der Waals surface area contributed by atoms with Crippen LogP contribution in [0.1, 0.15) is 49.6 Å². The third-order valence-electron chi connectivity index (χ3n) is 6.41. The number of likely N-dealkylation sites (N-methyl/N-ethyl adjacent to an activating group) is 1. The van der Waals surface area contributed by atoms with Crippen molar-refractivity contribution in [3.8, 4) is 17.0 Å². The van der Waals surface area contributed by atoms with Crippen molar-refractivity contribution in [2.45, 2.75) is 53.3 Å². The van der Waals surface area contributed by atoms with Crippen LogP contribution in [-0.2, 0) is 20.1 Å². The average Bonchev–Trinajstić information content (AvgIpc) is 3.32. The molecule has 1 atom stereocenters. The van der Waals surface area contributed by atoms with Crippen LogP contribution in [0.15, 0.2) is 37.1 Å². The monoisotopic (exact) mass is 474 g/mol. The lowest BCUT2D eigenvalue weighted by Gasteiger charge is -2.23. The second-order valence-corrected chi connectivity index (χ2v) is 9.46. The second-order valence-electron chi connectivity index (χ2n) is 9.46. The summed E-state index contributed by atoms with van der Waals surface area (Å²) in [6.07, 6.45) is 7.17. The fraction of sp³-hybridized carbons (Fsp3) is 0.429. The van der Waals surface area contributed by atoms with Gasteiger partial charge in [-0.1, -0.05) is 31.7 Å². The molecule has 0 radical (unpaired) electrons. The molecule has 3 heterocycles. The highest BCUT2D eigenvalue weighted by Gasteiger charge is 2.21. The topological polar surface area (TPSA) is 60.1 Å². The number of ether oxygens (including phenoxy) is 1. The summed E-state index contributed by atoms with van der Waals surface area (Å²) in [6, 6.07) is 6.46. The summed E-state index contributed by atoms with van der Waals surface area (Å²) in [4.78, 5) is 2.30. The summed E-state index contributed by atoms with van der Waals surface area (Å²) in [5.41, 5.74) is 7.64. The largest absolute Gasteiger partial charge is 0.473 e. The lowest BCUT2D eigenvalue weighted by molar-refractivity contribution is 0.147. The first kappa shape index (κ1) is 24.8. The Bertz CT molecular complexity index is 1230. The Morgan fingerprint density at radius 1 is 1.17 bits per heavy atom. The lowest BCUT2D eigenvalue weighted by Crippen LogP contribution is -2.32. The number of benzene rings is 1. The van der Waals surface area contributed by atoms with E-state index >= 15 is 0 Å². The van der Waals surface area contributed by atoms with Crippen LogP contribution in [0.3, 0.4) is 0 Å². The molecule has 1 unspecified atom stereocenters. The fourth-order valence-electron chi connectivity index (χ4n) is 4.71. The van der Waals surface area contributed by atoms with E-state index in [1.807, 2.05) is 17.9 Å². The van der Waals surface area contributed by atoms with Crippen molar-refractivity contribution < 1.29 is 4.74 Å². The zero-order valence-corrected chi connectivity index (χ0v) is 21.9. The Morgan fingerprint density at radius 2 is 1.97 bits per heavy atom. The Balaban J connectivity index is 1.86. The van der Waals surface area contributed by atoms with Gasteiger partial charge in [0, 0.05) is 38.8 Å². The van der Waals surface area contributed by atoms with Crippen LogP contribution >= 0.6 is 0 Å². The van der Waals surface area contributed by atoms with Gasteiger partial charge >= 0.3 is 0 Å². The van der Waals surface area contributed by atoms with Crippen molar-refractivity contribution in [3.63, 3.8) is 0 Å². The quantitative estimate of drug-likeness (QED) is 0.551. The highest BCUT2D eigenvalue weighted by Crippen LogP contribution is 2.34. The van der Waals surface area contributed by atoms with Gasteiger partial charge in [0.2, 0.25) is 5.88 Å². The van der Waals surface area contributed by atoms with Gasteiger partial charge in [-0.15, -0.1) is 0 Å². The second kappa shape index (κ2) is 10.5. The molecule has 0 saturated carbocycles. The first-order valence-electron chi connectivity index (χ1n) is 12.5. The molecule has 186 valence electrons. The molecule has 7 nitrogen and oxygen atoms in total. The van der Waals surface area contributed by atoms with E-state index in [1.165, 1.54) is 11.3 Å². The highest BCUT2D eigenvalue weighted by molar-refractivity contribution is 5.83. The molecule has 1 aliphatic rings. The zero-order valence-electron chi connectivity index (χ0n) is 21.9. The van der Waals surface area contributed by atoms with Crippen LogP contribution in [0.5, 0.6) is 5.88 Å². The number of hydrogen-bond acceptors (Lipinski definition) is 5. The Labute approximate surface area is 209 Å². The summed E-state index contributed by atoms with van der Waals surface area (Å²) in [5, 5.41) is 12.9. The van der Waals surface area contributed by atoms with Crippen molar-refractivity contribution in [1.82, 2.24) is 24.5 Å². The molecule has 2 aromatic heterocycles. The van der Waals surface area contributed by atoms with Gasteiger partial charge in [-0.3, -0.25) is 9.58 Å². The predicted octanol–water partition coefficient (Wildman–Crippen LogP) is 5.37. The van der Waals surface area contributed by atoms with Crippen molar-refractivity contribution >= 4 is 17.5 Å². The molecule has 0 spiro atoms. The number of allylic oxidation sites excluding steroid dienone is 2. The number of anilines is 1. The van der Waals surface area contributed by atoms with Gasteiger partial charge in [0.15, 0.2) is 5.82 Å². The molecule has 1 N–H and O–H groups in total. The van der Waals surface area contributed by atoms with Crippen LogP contribution < -0.4 is 10.1 Å². The molecule has 1 aliphatic heterocycles. The molecular formula is C28H38N6O. The number of hydrogen-bond donors (Lipinski definition) is 1. The standard InChI is InChI=1S/C28H38N6O/c1-8-14-34-26-18-32(6)17-21(5)35-28-25(16-30-33(28)7)22-12-10-19(3)24(15-22)20(4)11-13-23(26)27(31-34)29-9-2/h10-13,15-16,21H,4,8-9,14,17-18H2,1-3,5-7H3,(H,29,31)/b13-11+. The van der Waals surface area contributed by atoms with Crippen molar-refractivity contribution in [2.24, 2.45) is 7.05 Å². The summed E-state index contributed by atoms with van der Waals surface area (Å²) in [6.45, 7) is 16.2. The van der Waals surface area contributed by atoms with E-state index in [2.05, 4.69) is 91.7 Å². The van der Waals surface area contributed by atoms with Gasteiger partial charge in [0.05, 0.1) is 17.5 Å². The molecule has 0 fully saturated rings. The molecule has 0 aliphatic carbocycles. The van der Waals surface area contributed by atoms with Crippen LogP contribution in [0.4, 0.5) is 5.82 Å². The maximum atomic E-state index is 6.46. The number of aryl methyl sites for hydroxylation is 3. The van der Waals surface area contributed by atoms with Crippen molar-refractivity contribution in [2.75, 3.05) is 25.5 Å². The van der Waals surface area contributed by atoms with E-state index in [9.17, 15) is 0 Å². The van der Waals surface area contributed by atoms with Crippen molar-refractivity contribution in [3.05, 3.63) is 59.4 Å².